The van der Waals surface area contributed by atoms with Gasteiger partial charge in [-0.3, -0.25) is 4.99 Å². The Morgan fingerprint density at radius 1 is 1.30 bits per heavy atom. The third-order valence-electron chi connectivity index (χ3n) is 3.55. The van der Waals surface area contributed by atoms with Gasteiger partial charge in [0.05, 0.1) is 24.2 Å². The summed E-state index contributed by atoms with van der Waals surface area (Å²) < 4.78 is 5.32. The van der Waals surface area contributed by atoms with Crippen LogP contribution in [-0.4, -0.2) is 23.8 Å². The maximum absolute atomic E-state index is 5.32. The first kappa shape index (κ1) is 15.7. The fourth-order valence-electron chi connectivity index (χ4n) is 2.42. The van der Waals surface area contributed by atoms with E-state index in [4.69, 9.17) is 9.73 Å². The molecule has 0 fully saturated rings. The molecule has 3 rings (SSSR count). The number of rotatable bonds is 4. The topological polar surface area (TPSA) is 46.5 Å². The Hall–Kier alpha value is -2.14. The van der Waals surface area contributed by atoms with Crippen molar-refractivity contribution in [1.82, 2.24) is 4.98 Å². The number of aromatic nitrogens is 1. The Morgan fingerprint density at radius 3 is 2.96 bits per heavy atom. The molecule has 1 aromatic heterocycles. The van der Waals surface area contributed by atoms with Gasteiger partial charge < -0.3 is 10.1 Å². The number of hydrogen-bond donors (Lipinski definition) is 1. The first-order chi connectivity index (χ1) is 11.2. The van der Waals surface area contributed by atoms with E-state index in [0.717, 1.165) is 46.4 Å². The van der Waals surface area contributed by atoms with Crippen LogP contribution in [0.5, 0.6) is 5.75 Å². The van der Waals surface area contributed by atoms with Gasteiger partial charge in [0.2, 0.25) is 0 Å². The van der Waals surface area contributed by atoms with Gasteiger partial charge in [0.15, 0.2) is 5.13 Å². The van der Waals surface area contributed by atoms with Crippen molar-refractivity contribution in [3.05, 3.63) is 40.9 Å². The molecule has 0 atom stereocenters. The highest BCUT2D eigenvalue weighted by Gasteiger charge is 2.12. The van der Waals surface area contributed by atoms with Crippen LogP contribution in [0.2, 0.25) is 0 Å². The first-order valence-electron chi connectivity index (χ1n) is 7.80. The van der Waals surface area contributed by atoms with Crippen LogP contribution in [0.15, 0.2) is 34.6 Å². The van der Waals surface area contributed by atoms with Crippen LogP contribution in [0.4, 0.5) is 10.8 Å². The molecule has 120 valence electrons. The maximum Gasteiger partial charge on any atom is 0.183 e. The monoisotopic (exact) mass is 327 g/mol. The van der Waals surface area contributed by atoms with Gasteiger partial charge in [0, 0.05) is 23.1 Å². The molecule has 0 saturated heterocycles. The van der Waals surface area contributed by atoms with E-state index in [2.05, 4.69) is 41.7 Å². The largest absolute Gasteiger partial charge is 0.497 e. The summed E-state index contributed by atoms with van der Waals surface area (Å²) in [5.41, 5.74) is 4.03. The lowest BCUT2D eigenvalue weighted by molar-refractivity contribution is 0.415. The quantitative estimate of drug-likeness (QED) is 0.869. The molecule has 23 heavy (non-hydrogen) atoms. The van der Waals surface area contributed by atoms with Crippen molar-refractivity contribution >= 4 is 33.9 Å². The molecule has 1 aromatic carbocycles. The molecule has 0 spiro atoms. The zero-order chi connectivity index (χ0) is 16.2. The molecule has 0 aliphatic carbocycles. The maximum atomic E-state index is 5.32. The average molecular weight is 327 g/mol. The summed E-state index contributed by atoms with van der Waals surface area (Å²) >= 11 is 1.63. The van der Waals surface area contributed by atoms with Crippen LogP contribution >= 0.6 is 11.3 Å². The Morgan fingerprint density at radius 2 is 2.17 bits per heavy atom. The molecule has 0 bridgehead atoms. The normalized spacial score (nSPS) is 15.4. The molecular weight excluding hydrogens is 306 g/mol. The van der Waals surface area contributed by atoms with Crippen LogP contribution in [0.1, 0.15) is 37.9 Å². The van der Waals surface area contributed by atoms with Crippen LogP contribution < -0.4 is 10.1 Å². The number of methoxy groups -OCH3 is 1. The average Bonchev–Trinajstić information content (AvgIpc) is 2.95. The van der Waals surface area contributed by atoms with Crippen molar-refractivity contribution in [2.24, 2.45) is 4.99 Å². The number of hydrogen-bond acceptors (Lipinski definition) is 5. The summed E-state index contributed by atoms with van der Waals surface area (Å²) in [6.45, 7) is 4.23. The molecule has 0 saturated carbocycles. The van der Waals surface area contributed by atoms with E-state index in [1.54, 1.807) is 18.4 Å². The van der Waals surface area contributed by atoms with E-state index in [1.165, 1.54) is 0 Å². The van der Waals surface area contributed by atoms with E-state index < -0.39 is 0 Å². The second kappa shape index (κ2) is 6.96. The highest BCUT2D eigenvalue weighted by Crippen LogP contribution is 2.30. The van der Waals surface area contributed by atoms with Gasteiger partial charge >= 0.3 is 0 Å². The summed E-state index contributed by atoms with van der Waals surface area (Å²) in [7, 11) is 1.68. The van der Waals surface area contributed by atoms with Crippen LogP contribution in [0.25, 0.3) is 6.08 Å². The molecular formula is C18H21N3OS. The van der Waals surface area contributed by atoms with Crippen LogP contribution in [-0.2, 0) is 0 Å². The highest BCUT2D eigenvalue weighted by atomic mass is 32.1. The van der Waals surface area contributed by atoms with Gasteiger partial charge in [-0.2, -0.15) is 0 Å². The Kier molecular flexibility index (Phi) is 4.76. The summed E-state index contributed by atoms with van der Waals surface area (Å²) in [6, 6.07) is 6.36. The van der Waals surface area contributed by atoms with E-state index in [0.29, 0.717) is 6.04 Å². The minimum Gasteiger partial charge on any atom is -0.497 e. The third kappa shape index (κ3) is 3.79. The van der Waals surface area contributed by atoms with E-state index >= 15 is 0 Å². The number of thiazole rings is 1. The van der Waals surface area contributed by atoms with E-state index in [9.17, 15) is 0 Å². The number of ether oxygens (including phenoxy) is 1. The molecule has 0 unspecified atom stereocenters. The number of fused-ring (bicyclic) bond motifs is 1. The molecule has 1 aliphatic rings. The van der Waals surface area contributed by atoms with Crippen molar-refractivity contribution in [3.8, 4) is 5.75 Å². The van der Waals surface area contributed by atoms with E-state index in [-0.39, 0.29) is 0 Å². The van der Waals surface area contributed by atoms with Gasteiger partial charge in [-0.25, -0.2) is 4.98 Å². The minimum absolute atomic E-state index is 0.376. The fourth-order valence-corrected chi connectivity index (χ4v) is 3.29. The second-order valence-electron chi connectivity index (χ2n) is 5.76. The number of allylic oxidation sites excluding steroid dienone is 1. The predicted octanol–water partition coefficient (Wildman–Crippen LogP) is 4.90. The number of anilines is 1. The lowest BCUT2D eigenvalue weighted by Crippen LogP contribution is -2.10. The van der Waals surface area contributed by atoms with Crippen LogP contribution in [0, 0.1) is 0 Å². The van der Waals surface area contributed by atoms with Gasteiger partial charge in [-0.1, -0.05) is 12.2 Å². The lowest BCUT2D eigenvalue weighted by Gasteiger charge is -2.10. The van der Waals surface area contributed by atoms with Gasteiger partial charge in [0.25, 0.3) is 0 Å². The van der Waals surface area contributed by atoms with Gasteiger partial charge in [-0.15, -0.1) is 11.3 Å². The second-order valence-corrected chi connectivity index (χ2v) is 6.62. The fraction of sp³-hybridized carbons (Fsp3) is 0.333. The molecule has 2 aromatic rings. The summed E-state index contributed by atoms with van der Waals surface area (Å²) in [5.74, 6) is 0.821. The zero-order valence-corrected chi connectivity index (χ0v) is 14.5. The molecule has 2 heterocycles. The van der Waals surface area contributed by atoms with Crippen molar-refractivity contribution in [2.75, 3.05) is 12.4 Å². The smallest absolute Gasteiger partial charge is 0.183 e. The lowest BCUT2D eigenvalue weighted by atomic mass is 10.1. The number of benzene rings is 1. The SMILES string of the molecule is COc1ccc2c(c1)N=C(c1csc(NC(C)C)n1)CC/C=C\2. The Bertz CT molecular complexity index is 746. The molecule has 5 heteroatoms. The number of nitrogens with zero attached hydrogens (tertiary/aromatic N) is 2. The van der Waals surface area contributed by atoms with Crippen molar-refractivity contribution in [1.29, 1.82) is 0 Å². The highest BCUT2D eigenvalue weighted by molar-refractivity contribution is 7.13. The van der Waals surface area contributed by atoms with Gasteiger partial charge in [-0.05, 0) is 38.8 Å². The molecule has 1 N–H and O–H groups in total. The standard InChI is InChI=1S/C18H21N3OS/c1-12(2)19-18-21-17(11-23-18)15-7-5-4-6-13-8-9-14(22-3)10-16(13)20-15/h4,6,8-12H,5,7H2,1-3H3,(H,19,21)/b6-4-,20-15?. The van der Waals surface area contributed by atoms with Crippen molar-refractivity contribution < 1.29 is 4.74 Å². The van der Waals surface area contributed by atoms with Crippen LogP contribution in [0.3, 0.4) is 0 Å². The van der Waals surface area contributed by atoms with Crippen molar-refractivity contribution in [3.63, 3.8) is 0 Å². The molecule has 0 amide bonds. The number of nitrogens with one attached hydrogen (secondary N) is 1. The first-order valence-corrected chi connectivity index (χ1v) is 8.68. The Balaban J connectivity index is 1.97. The Labute approximate surface area is 140 Å². The summed E-state index contributed by atoms with van der Waals surface area (Å²) in [4.78, 5) is 9.56. The van der Waals surface area contributed by atoms with E-state index in [1.807, 2.05) is 18.2 Å². The number of aliphatic imine (C=N–C) groups is 1. The summed E-state index contributed by atoms with van der Waals surface area (Å²) in [6.07, 6.45) is 6.17. The third-order valence-corrected chi connectivity index (χ3v) is 4.32. The molecule has 1 aliphatic heterocycles. The van der Waals surface area contributed by atoms with Gasteiger partial charge in [0.1, 0.15) is 5.75 Å². The predicted molar refractivity (Wildman–Crippen MR) is 98.3 cm³/mol. The molecule has 0 radical (unpaired) electrons. The molecule has 4 nitrogen and oxygen atoms in total. The van der Waals surface area contributed by atoms with Crippen molar-refractivity contribution in [2.45, 2.75) is 32.7 Å². The minimum atomic E-state index is 0.376. The zero-order valence-electron chi connectivity index (χ0n) is 13.7. The summed E-state index contributed by atoms with van der Waals surface area (Å²) in [5, 5.41) is 6.37.